The molecule has 9 heteroatoms. The first-order valence-electron chi connectivity index (χ1n) is 9.46. The lowest BCUT2D eigenvalue weighted by Gasteiger charge is -2.37. The summed E-state index contributed by atoms with van der Waals surface area (Å²) in [7, 11) is 2.79. The SMILES string of the molecule is COc1cc(/C=N\N2C(=O)[C@@H]3[C@@H]4C=C[C@@H]([C@H]5C[C@@H]45)[C@@H]3C2=O)c([N+](=O)[O-])cc1OC. The number of hydrogen-bond donors (Lipinski definition) is 0. The van der Waals surface area contributed by atoms with Crippen LogP contribution in [0.25, 0.3) is 0 Å². The van der Waals surface area contributed by atoms with Crippen LogP contribution < -0.4 is 9.47 Å². The van der Waals surface area contributed by atoms with Gasteiger partial charge in [0.2, 0.25) is 0 Å². The van der Waals surface area contributed by atoms with Crippen molar-refractivity contribution in [2.75, 3.05) is 14.2 Å². The molecule has 2 bridgehead atoms. The van der Waals surface area contributed by atoms with Crippen LogP contribution in [-0.4, -0.2) is 42.2 Å². The zero-order chi connectivity index (χ0) is 20.4. The van der Waals surface area contributed by atoms with Gasteiger partial charge in [0.15, 0.2) is 11.5 Å². The van der Waals surface area contributed by atoms with Crippen molar-refractivity contribution < 1.29 is 24.0 Å². The van der Waals surface area contributed by atoms with Crippen LogP contribution in [0.15, 0.2) is 29.4 Å². The second-order valence-electron chi connectivity index (χ2n) is 7.91. The monoisotopic (exact) mass is 397 g/mol. The van der Waals surface area contributed by atoms with E-state index in [4.69, 9.17) is 9.47 Å². The fourth-order valence-corrected chi connectivity index (χ4v) is 5.32. The number of carbonyl (C=O) groups excluding carboxylic acids is 2. The van der Waals surface area contributed by atoms with E-state index >= 15 is 0 Å². The highest BCUT2D eigenvalue weighted by molar-refractivity contribution is 6.06. The Labute approximate surface area is 166 Å². The maximum atomic E-state index is 12.9. The topological polar surface area (TPSA) is 111 Å². The number of methoxy groups -OCH3 is 2. The maximum Gasteiger partial charge on any atom is 0.282 e. The molecular weight excluding hydrogens is 378 g/mol. The average Bonchev–Trinajstić information content (AvgIpc) is 3.50. The number of nitro groups is 1. The first-order chi connectivity index (χ1) is 14.0. The van der Waals surface area contributed by atoms with Crippen molar-refractivity contribution in [1.29, 1.82) is 0 Å². The van der Waals surface area contributed by atoms with Crippen molar-refractivity contribution in [3.05, 3.63) is 40.0 Å². The number of hydrazone groups is 1. The number of allylic oxidation sites excluding steroid dienone is 2. The van der Waals surface area contributed by atoms with Crippen molar-refractivity contribution in [3.8, 4) is 11.5 Å². The minimum absolute atomic E-state index is 0.0991. The second kappa shape index (κ2) is 6.13. The van der Waals surface area contributed by atoms with Crippen molar-refractivity contribution >= 4 is 23.7 Å². The first kappa shape index (κ1) is 17.8. The van der Waals surface area contributed by atoms with Crippen LogP contribution in [0, 0.1) is 45.6 Å². The van der Waals surface area contributed by atoms with Gasteiger partial charge in [-0.25, -0.2) is 0 Å². The molecule has 0 N–H and O–H groups in total. The number of ether oxygens (including phenoxy) is 2. The summed E-state index contributed by atoms with van der Waals surface area (Å²) in [5.41, 5.74) is -0.141. The fourth-order valence-electron chi connectivity index (χ4n) is 5.32. The van der Waals surface area contributed by atoms with Crippen LogP contribution in [0.1, 0.15) is 12.0 Å². The molecule has 6 atom stereocenters. The number of benzene rings is 1. The smallest absolute Gasteiger partial charge is 0.282 e. The molecule has 1 aliphatic heterocycles. The molecule has 3 fully saturated rings. The minimum Gasteiger partial charge on any atom is -0.493 e. The fraction of sp³-hybridized carbons (Fsp3) is 0.450. The van der Waals surface area contributed by atoms with Gasteiger partial charge in [-0.15, -0.1) is 0 Å². The third kappa shape index (κ3) is 2.43. The summed E-state index contributed by atoms with van der Waals surface area (Å²) in [5.74, 6) is 0.333. The standard InChI is InChI=1S/C20H19N3O6/c1-28-15-5-9(14(23(26)27)7-16(15)29-2)8-21-22-19(24)17-10-3-4-11(13-6-12(10)13)18(17)20(22)25/h3-5,7-8,10-13,17-18H,6H2,1-2H3/b21-8-/t10-,11+,12+,13-,17-,18+. The number of nitrogens with zero attached hydrogens (tertiary/aromatic N) is 3. The Bertz CT molecular complexity index is 966. The van der Waals surface area contributed by atoms with Crippen molar-refractivity contribution in [2.24, 2.45) is 40.6 Å². The summed E-state index contributed by atoms with van der Waals surface area (Å²) >= 11 is 0. The predicted molar refractivity (Wildman–Crippen MR) is 100 cm³/mol. The van der Waals surface area contributed by atoms with Gasteiger partial charge in [0.05, 0.1) is 48.8 Å². The predicted octanol–water partition coefficient (Wildman–Crippen LogP) is 2.00. The van der Waals surface area contributed by atoms with Crippen LogP contribution >= 0.6 is 0 Å². The lowest BCUT2D eigenvalue weighted by Crippen LogP contribution is -2.40. The van der Waals surface area contributed by atoms with Crippen LogP contribution in [-0.2, 0) is 9.59 Å². The summed E-state index contributed by atoms with van der Waals surface area (Å²) in [6, 6.07) is 2.63. The molecule has 0 aromatic heterocycles. The summed E-state index contributed by atoms with van der Waals surface area (Å²) in [4.78, 5) is 36.8. The number of hydrogen-bond acceptors (Lipinski definition) is 7. The highest BCUT2D eigenvalue weighted by Crippen LogP contribution is 2.65. The van der Waals surface area contributed by atoms with E-state index in [0.717, 1.165) is 11.4 Å². The summed E-state index contributed by atoms with van der Waals surface area (Å²) in [6.07, 6.45) is 6.41. The molecule has 1 heterocycles. The van der Waals surface area contributed by atoms with Gasteiger partial charge >= 0.3 is 0 Å². The third-order valence-corrected chi connectivity index (χ3v) is 6.68. The number of nitro benzene ring substituents is 1. The van der Waals surface area contributed by atoms with Crippen molar-refractivity contribution in [2.45, 2.75) is 6.42 Å². The number of rotatable bonds is 5. The minimum atomic E-state index is -0.575. The zero-order valence-electron chi connectivity index (χ0n) is 15.8. The molecule has 0 unspecified atom stereocenters. The Hall–Kier alpha value is -3.23. The molecule has 6 rings (SSSR count). The largest absolute Gasteiger partial charge is 0.493 e. The van der Waals surface area contributed by atoms with Gasteiger partial charge in [-0.2, -0.15) is 10.1 Å². The van der Waals surface area contributed by atoms with Gasteiger partial charge in [-0.1, -0.05) is 12.2 Å². The highest BCUT2D eigenvalue weighted by Gasteiger charge is 2.67. The van der Waals surface area contributed by atoms with Gasteiger partial charge in [0.25, 0.3) is 17.5 Å². The molecule has 0 spiro atoms. The Balaban J connectivity index is 1.48. The molecule has 4 aliphatic carbocycles. The zero-order valence-corrected chi connectivity index (χ0v) is 15.8. The number of imide groups is 1. The van der Waals surface area contributed by atoms with E-state index in [1.807, 2.05) is 0 Å². The molecule has 1 aromatic carbocycles. The van der Waals surface area contributed by atoms with E-state index in [-0.39, 0.29) is 58.2 Å². The van der Waals surface area contributed by atoms with Gasteiger partial charge in [-0.05, 0) is 36.2 Å². The van der Waals surface area contributed by atoms with Crippen LogP contribution in [0.2, 0.25) is 0 Å². The van der Waals surface area contributed by atoms with Crippen molar-refractivity contribution in [3.63, 3.8) is 0 Å². The molecule has 150 valence electrons. The van der Waals surface area contributed by atoms with Gasteiger partial charge in [0.1, 0.15) is 0 Å². The van der Waals surface area contributed by atoms with Gasteiger partial charge in [0, 0.05) is 0 Å². The van der Waals surface area contributed by atoms with Crippen LogP contribution in [0.3, 0.4) is 0 Å². The molecular formula is C20H19N3O6. The molecule has 1 saturated heterocycles. The molecule has 2 saturated carbocycles. The normalized spacial score (nSPS) is 33.8. The van der Waals surface area contributed by atoms with Crippen LogP contribution in [0.4, 0.5) is 5.69 Å². The van der Waals surface area contributed by atoms with E-state index in [9.17, 15) is 19.7 Å². The molecule has 29 heavy (non-hydrogen) atoms. The molecule has 2 amide bonds. The van der Waals surface area contributed by atoms with E-state index < -0.39 is 4.92 Å². The Morgan fingerprint density at radius 2 is 1.62 bits per heavy atom. The Kier molecular flexibility index (Phi) is 3.77. The lowest BCUT2D eigenvalue weighted by molar-refractivity contribution is -0.385. The summed E-state index contributed by atoms with van der Waals surface area (Å²) in [5, 5.41) is 16.4. The number of amides is 2. The Morgan fingerprint density at radius 1 is 1.07 bits per heavy atom. The highest BCUT2D eigenvalue weighted by atomic mass is 16.6. The third-order valence-electron chi connectivity index (χ3n) is 6.68. The van der Waals surface area contributed by atoms with E-state index in [1.54, 1.807) is 0 Å². The number of carbonyl (C=O) groups is 2. The van der Waals surface area contributed by atoms with Crippen LogP contribution in [0.5, 0.6) is 11.5 Å². The summed E-state index contributed by atoms with van der Waals surface area (Å²) < 4.78 is 10.3. The van der Waals surface area contributed by atoms with E-state index in [1.165, 1.54) is 32.6 Å². The van der Waals surface area contributed by atoms with E-state index in [2.05, 4.69) is 17.3 Å². The summed E-state index contributed by atoms with van der Waals surface area (Å²) in [6.45, 7) is 0. The molecule has 5 aliphatic rings. The molecule has 9 nitrogen and oxygen atoms in total. The first-order valence-corrected chi connectivity index (χ1v) is 9.46. The van der Waals surface area contributed by atoms with E-state index in [0.29, 0.717) is 11.8 Å². The average molecular weight is 397 g/mol. The molecule has 1 aromatic rings. The lowest BCUT2D eigenvalue weighted by atomic mass is 9.63. The second-order valence-corrected chi connectivity index (χ2v) is 7.91. The van der Waals surface area contributed by atoms with Gasteiger partial charge < -0.3 is 9.47 Å². The van der Waals surface area contributed by atoms with Gasteiger partial charge in [-0.3, -0.25) is 19.7 Å². The van der Waals surface area contributed by atoms with Crippen molar-refractivity contribution in [1.82, 2.24) is 5.01 Å². The molecule has 0 radical (unpaired) electrons. The maximum absolute atomic E-state index is 12.9. The Morgan fingerprint density at radius 3 is 2.14 bits per heavy atom. The quantitative estimate of drug-likeness (QED) is 0.247.